The normalized spacial score (nSPS) is 11.6. The van der Waals surface area contributed by atoms with E-state index in [0.717, 1.165) is 25.2 Å². The lowest BCUT2D eigenvalue weighted by atomic mass is 10.2. The zero-order chi connectivity index (χ0) is 15.9. The van der Waals surface area contributed by atoms with Crippen molar-refractivity contribution in [2.24, 2.45) is 5.10 Å². The molecule has 1 aromatic carbocycles. The molecule has 0 aliphatic carbocycles. The van der Waals surface area contributed by atoms with Gasteiger partial charge in [-0.1, -0.05) is 28.1 Å². The van der Waals surface area contributed by atoms with Crippen LogP contribution in [0, 0.1) is 13.8 Å². The molecule has 3 rings (SSSR count). The summed E-state index contributed by atoms with van der Waals surface area (Å²) in [6.45, 7) is 3.80. The van der Waals surface area contributed by atoms with Crippen LogP contribution in [0.1, 0.15) is 16.0 Å². The van der Waals surface area contributed by atoms with Crippen molar-refractivity contribution in [2.75, 3.05) is 0 Å². The standard InChI is InChI=1S/C15H12BrN3O2S/c1-8-9(2)22-13-12(8)14(20)19(15(21)18-13)17-7-10-3-5-11(16)6-4-10/h3-7H,1-2H3,(H,18,21)/b17-7+. The van der Waals surface area contributed by atoms with Crippen LogP contribution in [0.25, 0.3) is 10.2 Å². The zero-order valence-corrected chi connectivity index (χ0v) is 14.3. The molecular weight excluding hydrogens is 366 g/mol. The molecule has 0 amide bonds. The van der Waals surface area contributed by atoms with Crippen LogP contribution < -0.4 is 11.2 Å². The molecule has 2 heterocycles. The summed E-state index contributed by atoms with van der Waals surface area (Å²) < 4.78 is 1.81. The lowest BCUT2D eigenvalue weighted by Gasteiger charge is -1.98. The fraction of sp³-hybridized carbons (Fsp3) is 0.133. The van der Waals surface area contributed by atoms with Crippen molar-refractivity contribution in [1.29, 1.82) is 0 Å². The van der Waals surface area contributed by atoms with Gasteiger partial charge >= 0.3 is 5.69 Å². The number of H-pyrrole nitrogens is 1. The first-order valence-electron chi connectivity index (χ1n) is 6.52. The van der Waals surface area contributed by atoms with Crippen LogP contribution in [0.4, 0.5) is 0 Å². The number of rotatable bonds is 2. The number of halogens is 1. The summed E-state index contributed by atoms with van der Waals surface area (Å²) in [7, 11) is 0. The third kappa shape index (κ3) is 2.57. The van der Waals surface area contributed by atoms with Crippen molar-refractivity contribution >= 4 is 43.7 Å². The van der Waals surface area contributed by atoms with Crippen LogP contribution in [0.15, 0.2) is 43.4 Å². The summed E-state index contributed by atoms with van der Waals surface area (Å²) >= 11 is 4.75. The Kier molecular flexibility index (Phi) is 3.84. The number of benzene rings is 1. The number of hydrogen-bond donors (Lipinski definition) is 1. The summed E-state index contributed by atoms with van der Waals surface area (Å²) in [5.74, 6) is 0. The Bertz CT molecular complexity index is 997. The lowest BCUT2D eigenvalue weighted by Crippen LogP contribution is -2.32. The molecule has 5 nitrogen and oxygen atoms in total. The molecule has 0 spiro atoms. The van der Waals surface area contributed by atoms with E-state index < -0.39 is 11.2 Å². The Morgan fingerprint density at radius 1 is 1.23 bits per heavy atom. The fourth-order valence-electron chi connectivity index (χ4n) is 2.10. The van der Waals surface area contributed by atoms with Crippen molar-refractivity contribution in [2.45, 2.75) is 13.8 Å². The van der Waals surface area contributed by atoms with Gasteiger partial charge in [0, 0.05) is 9.35 Å². The molecule has 3 aromatic rings. The average Bonchev–Trinajstić information content (AvgIpc) is 2.75. The molecule has 0 bridgehead atoms. The Hall–Kier alpha value is -1.99. The first-order chi connectivity index (χ1) is 10.5. The van der Waals surface area contributed by atoms with Crippen LogP contribution in [0.2, 0.25) is 0 Å². The molecular formula is C15H12BrN3O2S. The Balaban J connectivity index is 2.15. The van der Waals surface area contributed by atoms with Gasteiger partial charge in [-0.3, -0.25) is 9.78 Å². The van der Waals surface area contributed by atoms with Gasteiger partial charge in [0.15, 0.2) is 0 Å². The summed E-state index contributed by atoms with van der Waals surface area (Å²) in [6.07, 6.45) is 1.49. The van der Waals surface area contributed by atoms with Crippen LogP contribution in [0.5, 0.6) is 0 Å². The van der Waals surface area contributed by atoms with Crippen molar-refractivity contribution < 1.29 is 0 Å². The monoisotopic (exact) mass is 377 g/mol. The first-order valence-corrected chi connectivity index (χ1v) is 8.13. The minimum Gasteiger partial charge on any atom is -0.297 e. The highest BCUT2D eigenvalue weighted by molar-refractivity contribution is 9.10. The second kappa shape index (κ2) is 5.66. The van der Waals surface area contributed by atoms with Gasteiger partial charge in [0.2, 0.25) is 0 Å². The van der Waals surface area contributed by atoms with Gasteiger partial charge in [-0.2, -0.15) is 5.10 Å². The number of aryl methyl sites for hydroxylation is 2. The van der Waals surface area contributed by atoms with Gasteiger partial charge in [0.25, 0.3) is 5.56 Å². The van der Waals surface area contributed by atoms with Gasteiger partial charge in [-0.15, -0.1) is 16.0 Å². The van der Waals surface area contributed by atoms with Crippen LogP contribution in [-0.4, -0.2) is 15.9 Å². The second-order valence-corrected chi connectivity index (χ2v) is 6.97. The zero-order valence-electron chi connectivity index (χ0n) is 11.9. The van der Waals surface area contributed by atoms with Gasteiger partial charge in [-0.05, 0) is 37.1 Å². The summed E-state index contributed by atoms with van der Waals surface area (Å²) in [6, 6.07) is 7.41. The minimum atomic E-state index is -0.535. The predicted octanol–water partition coefficient (Wildman–Crippen LogP) is 3.01. The topological polar surface area (TPSA) is 67.2 Å². The number of aromatic amines is 1. The van der Waals surface area contributed by atoms with Gasteiger partial charge in [-0.25, -0.2) is 4.79 Å². The van der Waals surface area contributed by atoms with Gasteiger partial charge in [0.1, 0.15) is 4.83 Å². The molecule has 0 atom stereocenters. The number of nitrogens with zero attached hydrogens (tertiary/aromatic N) is 2. The second-order valence-electron chi connectivity index (χ2n) is 4.83. The highest BCUT2D eigenvalue weighted by Crippen LogP contribution is 2.24. The van der Waals surface area contributed by atoms with E-state index in [2.05, 4.69) is 26.0 Å². The molecule has 0 aliphatic rings. The SMILES string of the molecule is Cc1sc2[nH]c(=O)n(/N=C/c3ccc(Br)cc3)c(=O)c2c1C. The van der Waals surface area contributed by atoms with Crippen LogP contribution in [-0.2, 0) is 0 Å². The fourth-order valence-corrected chi connectivity index (χ4v) is 3.41. The molecule has 7 heteroatoms. The van der Waals surface area contributed by atoms with E-state index in [1.807, 2.05) is 38.1 Å². The number of aromatic nitrogens is 2. The van der Waals surface area contributed by atoms with E-state index in [9.17, 15) is 9.59 Å². The van der Waals surface area contributed by atoms with E-state index in [0.29, 0.717) is 10.2 Å². The van der Waals surface area contributed by atoms with E-state index in [1.165, 1.54) is 17.6 Å². The van der Waals surface area contributed by atoms with Crippen molar-refractivity contribution in [1.82, 2.24) is 9.66 Å². The van der Waals surface area contributed by atoms with Crippen molar-refractivity contribution in [3.63, 3.8) is 0 Å². The van der Waals surface area contributed by atoms with E-state index in [-0.39, 0.29) is 0 Å². The molecule has 1 N–H and O–H groups in total. The molecule has 0 unspecified atom stereocenters. The Labute approximate surface area is 138 Å². The molecule has 0 fully saturated rings. The third-order valence-electron chi connectivity index (χ3n) is 3.40. The largest absolute Gasteiger partial charge is 0.350 e. The number of thiophene rings is 1. The number of fused-ring (bicyclic) bond motifs is 1. The number of hydrogen-bond acceptors (Lipinski definition) is 4. The molecule has 22 heavy (non-hydrogen) atoms. The summed E-state index contributed by atoms with van der Waals surface area (Å²) in [5, 5.41) is 4.55. The smallest absolute Gasteiger partial charge is 0.297 e. The van der Waals surface area contributed by atoms with E-state index in [4.69, 9.17) is 0 Å². The molecule has 0 radical (unpaired) electrons. The maximum atomic E-state index is 12.5. The van der Waals surface area contributed by atoms with E-state index in [1.54, 1.807) is 0 Å². The molecule has 2 aromatic heterocycles. The maximum Gasteiger partial charge on any atom is 0.350 e. The van der Waals surface area contributed by atoms with Gasteiger partial charge < -0.3 is 0 Å². The maximum absolute atomic E-state index is 12.5. The third-order valence-corrected chi connectivity index (χ3v) is 5.05. The van der Waals surface area contributed by atoms with Crippen LogP contribution in [0.3, 0.4) is 0 Å². The van der Waals surface area contributed by atoms with Gasteiger partial charge in [0.05, 0.1) is 11.6 Å². The minimum absolute atomic E-state index is 0.394. The molecule has 0 saturated carbocycles. The predicted molar refractivity (Wildman–Crippen MR) is 93.3 cm³/mol. The summed E-state index contributed by atoms with van der Waals surface area (Å²) in [4.78, 5) is 28.8. The Morgan fingerprint density at radius 2 is 1.91 bits per heavy atom. The van der Waals surface area contributed by atoms with Crippen LogP contribution >= 0.6 is 27.3 Å². The highest BCUT2D eigenvalue weighted by atomic mass is 79.9. The van der Waals surface area contributed by atoms with Crippen molar-refractivity contribution in [3.05, 3.63) is 65.6 Å². The Morgan fingerprint density at radius 3 is 2.59 bits per heavy atom. The number of nitrogens with one attached hydrogen (secondary N) is 1. The highest BCUT2D eigenvalue weighted by Gasteiger charge is 2.13. The van der Waals surface area contributed by atoms with E-state index >= 15 is 0 Å². The quantitative estimate of drug-likeness (QED) is 0.697. The lowest BCUT2D eigenvalue weighted by molar-refractivity contribution is 0.772. The molecule has 0 aliphatic heterocycles. The average molecular weight is 378 g/mol. The molecule has 112 valence electrons. The molecule has 0 saturated heterocycles. The summed E-state index contributed by atoms with van der Waals surface area (Å²) in [5.41, 5.74) is 0.753. The first kappa shape index (κ1) is 14.9. The van der Waals surface area contributed by atoms with Crippen molar-refractivity contribution in [3.8, 4) is 0 Å².